The molecule has 0 heterocycles. The zero-order valence-corrected chi connectivity index (χ0v) is 10.3. The molecule has 0 aliphatic heterocycles. The van der Waals surface area contributed by atoms with Crippen LogP contribution in [0.2, 0.25) is 0 Å². The van der Waals surface area contributed by atoms with E-state index < -0.39 is 11.6 Å². The number of benzene rings is 1. The third-order valence-electron chi connectivity index (χ3n) is 3.79. The minimum atomic E-state index is -0.831. The quantitative estimate of drug-likeness (QED) is 0.866. The van der Waals surface area contributed by atoms with E-state index in [1.54, 1.807) is 0 Å². The number of anilines is 1. The highest BCUT2D eigenvalue weighted by Crippen LogP contribution is 2.30. The van der Waals surface area contributed by atoms with Crippen LogP contribution < -0.4 is 5.32 Å². The highest BCUT2D eigenvalue weighted by molar-refractivity contribution is 5.43. The van der Waals surface area contributed by atoms with E-state index in [1.165, 1.54) is 25.0 Å². The first kappa shape index (κ1) is 13.3. The van der Waals surface area contributed by atoms with Crippen molar-refractivity contribution in [1.29, 1.82) is 0 Å². The molecule has 2 N–H and O–H groups in total. The first-order valence-corrected chi connectivity index (χ1v) is 6.50. The molecule has 0 amide bonds. The van der Waals surface area contributed by atoms with Crippen LogP contribution in [0.1, 0.15) is 25.7 Å². The molecule has 1 saturated carbocycles. The van der Waals surface area contributed by atoms with Gasteiger partial charge >= 0.3 is 0 Å². The Kier molecular flexibility index (Phi) is 4.53. The molecule has 0 bridgehead atoms. The molecule has 1 aliphatic carbocycles. The van der Waals surface area contributed by atoms with Crippen LogP contribution >= 0.6 is 0 Å². The lowest BCUT2D eigenvalue weighted by atomic mass is 9.79. The fourth-order valence-corrected chi connectivity index (χ4v) is 2.65. The van der Waals surface area contributed by atoms with Gasteiger partial charge in [-0.1, -0.05) is 12.8 Å². The SMILES string of the molecule is OCC1CCCCC1CNc1ccc(F)c(F)c1. The summed E-state index contributed by atoms with van der Waals surface area (Å²) in [5.74, 6) is -0.915. The molecule has 1 fully saturated rings. The number of halogens is 2. The predicted octanol–water partition coefficient (Wildman–Crippen LogP) is 3.18. The number of hydrogen-bond donors (Lipinski definition) is 2. The molecule has 2 atom stereocenters. The lowest BCUT2D eigenvalue weighted by Crippen LogP contribution is -2.28. The summed E-state index contributed by atoms with van der Waals surface area (Å²) in [6.07, 6.45) is 4.50. The Morgan fingerprint density at radius 1 is 1.11 bits per heavy atom. The molecule has 0 aromatic heterocycles. The van der Waals surface area contributed by atoms with Crippen molar-refractivity contribution in [2.24, 2.45) is 11.8 Å². The van der Waals surface area contributed by atoms with Crippen LogP contribution in [0.3, 0.4) is 0 Å². The van der Waals surface area contributed by atoms with Gasteiger partial charge in [-0.15, -0.1) is 0 Å². The lowest BCUT2D eigenvalue weighted by Gasteiger charge is -2.30. The van der Waals surface area contributed by atoms with Crippen LogP contribution in [0.5, 0.6) is 0 Å². The second-order valence-corrected chi connectivity index (χ2v) is 5.00. The van der Waals surface area contributed by atoms with Crippen molar-refractivity contribution >= 4 is 5.69 Å². The van der Waals surface area contributed by atoms with Crippen LogP contribution in [0, 0.1) is 23.5 Å². The van der Waals surface area contributed by atoms with Crippen LogP contribution in [-0.2, 0) is 0 Å². The highest BCUT2D eigenvalue weighted by Gasteiger charge is 2.24. The zero-order chi connectivity index (χ0) is 13.0. The summed E-state index contributed by atoms with van der Waals surface area (Å²) in [4.78, 5) is 0. The molecule has 18 heavy (non-hydrogen) atoms. The molecule has 0 saturated heterocycles. The molecular formula is C14H19F2NO. The van der Waals surface area contributed by atoms with Crippen molar-refractivity contribution in [3.05, 3.63) is 29.8 Å². The minimum Gasteiger partial charge on any atom is -0.396 e. The molecule has 1 aromatic carbocycles. The largest absolute Gasteiger partial charge is 0.396 e. The van der Waals surface area contributed by atoms with Gasteiger partial charge in [0.05, 0.1) is 0 Å². The maximum Gasteiger partial charge on any atom is 0.160 e. The van der Waals surface area contributed by atoms with Crippen molar-refractivity contribution in [3.63, 3.8) is 0 Å². The second kappa shape index (κ2) is 6.14. The van der Waals surface area contributed by atoms with E-state index >= 15 is 0 Å². The van der Waals surface area contributed by atoms with E-state index in [0.717, 1.165) is 18.9 Å². The summed E-state index contributed by atoms with van der Waals surface area (Å²) in [6, 6.07) is 3.84. The summed E-state index contributed by atoms with van der Waals surface area (Å²) in [5.41, 5.74) is 0.594. The topological polar surface area (TPSA) is 32.3 Å². The Labute approximate surface area is 106 Å². The fraction of sp³-hybridized carbons (Fsp3) is 0.571. The summed E-state index contributed by atoms with van der Waals surface area (Å²) in [7, 11) is 0. The number of nitrogens with one attached hydrogen (secondary N) is 1. The van der Waals surface area contributed by atoms with Gasteiger partial charge in [-0.25, -0.2) is 8.78 Å². The summed E-state index contributed by atoms with van der Waals surface area (Å²) in [6.45, 7) is 0.917. The summed E-state index contributed by atoms with van der Waals surface area (Å²) in [5, 5.41) is 12.4. The normalized spacial score (nSPS) is 23.9. The van der Waals surface area contributed by atoms with Crippen molar-refractivity contribution < 1.29 is 13.9 Å². The van der Waals surface area contributed by atoms with E-state index in [4.69, 9.17) is 0 Å². The number of rotatable bonds is 4. The van der Waals surface area contributed by atoms with Gasteiger partial charge in [0.1, 0.15) is 0 Å². The maximum atomic E-state index is 13.0. The third kappa shape index (κ3) is 3.19. The third-order valence-corrected chi connectivity index (χ3v) is 3.79. The average molecular weight is 255 g/mol. The highest BCUT2D eigenvalue weighted by atomic mass is 19.2. The smallest absolute Gasteiger partial charge is 0.160 e. The standard InChI is InChI=1S/C14H19F2NO/c15-13-6-5-12(7-14(13)16)17-8-10-3-1-2-4-11(10)9-18/h5-7,10-11,17-18H,1-4,8-9H2. The Balaban J connectivity index is 1.91. The molecule has 4 heteroatoms. The van der Waals surface area contributed by atoms with Crippen LogP contribution in [0.4, 0.5) is 14.5 Å². The fourth-order valence-electron chi connectivity index (χ4n) is 2.65. The van der Waals surface area contributed by atoms with Gasteiger partial charge in [-0.05, 0) is 42.9 Å². The van der Waals surface area contributed by atoms with E-state index in [-0.39, 0.29) is 6.61 Å². The van der Waals surface area contributed by atoms with Gasteiger partial charge in [0, 0.05) is 18.8 Å². The van der Waals surface area contributed by atoms with Gasteiger partial charge in [0.15, 0.2) is 11.6 Å². The Morgan fingerprint density at radius 3 is 2.50 bits per heavy atom. The second-order valence-electron chi connectivity index (χ2n) is 5.00. The van der Waals surface area contributed by atoms with E-state index in [1.807, 2.05) is 0 Å². The monoisotopic (exact) mass is 255 g/mol. The van der Waals surface area contributed by atoms with Crippen LogP contribution in [0.25, 0.3) is 0 Å². The first-order chi connectivity index (χ1) is 8.70. The van der Waals surface area contributed by atoms with E-state index in [9.17, 15) is 13.9 Å². The van der Waals surface area contributed by atoms with Gasteiger partial charge < -0.3 is 10.4 Å². The Bertz CT molecular complexity index is 397. The summed E-state index contributed by atoms with van der Waals surface area (Å²) >= 11 is 0. The minimum absolute atomic E-state index is 0.212. The van der Waals surface area contributed by atoms with Crippen molar-refractivity contribution in [2.45, 2.75) is 25.7 Å². The molecular weight excluding hydrogens is 236 g/mol. The van der Waals surface area contributed by atoms with Gasteiger partial charge in [0.2, 0.25) is 0 Å². The molecule has 2 unspecified atom stereocenters. The van der Waals surface area contributed by atoms with Crippen LogP contribution in [-0.4, -0.2) is 18.3 Å². The Hall–Kier alpha value is -1.16. The number of hydrogen-bond acceptors (Lipinski definition) is 2. The molecule has 1 aliphatic rings. The zero-order valence-electron chi connectivity index (χ0n) is 10.3. The maximum absolute atomic E-state index is 13.0. The van der Waals surface area contributed by atoms with E-state index in [0.29, 0.717) is 24.1 Å². The first-order valence-electron chi connectivity index (χ1n) is 6.50. The van der Waals surface area contributed by atoms with Gasteiger partial charge in [0.25, 0.3) is 0 Å². The van der Waals surface area contributed by atoms with Crippen LogP contribution in [0.15, 0.2) is 18.2 Å². The lowest BCUT2D eigenvalue weighted by molar-refractivity contribution is 0.141. The Morgan fingerprint density at radius 2 is 1.83 bits per heavy atom. The molecule has 0 spiro atoms. The van der Waals surface area contributed by atoms with E-state index in [2.05, 4.69) is 5.32 Å². The number of aliphatic hydroxyl groups excluding tert-OH is 1. The van der Waals surface area contributed by atoms with Crippen molar-refractivity contribution in [2.75, 3.05) is 18.5 Å². The molecule has 100 valence electrons. The average Bonchev–Trinajstić information content (AvgIpc) is 2.40. The van der Waals surface area contributed by atoms with Gasteiger partial charge in [-0.3, -0.25) is 0 Å². The predicted molar refractivity (Wildman–Crippen MR) is 67.4 cm³/mol. The summed E-state index contributed by atoms with van der Waals surface area (Å²) < 4.78 is 25.8. The van der Waals surface area contributed by atoms with Crippen molar-refractivity contribution in [3.8, 4) is 0 Å². The van der Waals surface area contributed by atoms with Gasteiger partial charge in [-0.2, -0.15) is 0 Å². The number of aliphatic hydroxyl groups is 1. The molecule has 2 rings (SSSR count). The van der Waals surface area contributed by atoms with Crippen molar-refractivity contribution in [1.82, 2.24) is 0 Å². The molecule has 0 radical (unpaired) electrons. The molecule has 2 nitrogen and oxygen atoms in total. The molecule has 1 aromatic rings.